The molecule has 0 fully saturated rings. The average Bonchev–Trinajstić information content (AvgIpc) is 2.73. The van der Waals surface area contributed by atoms with E-state index in [2.05, 4.69) is 0 Å². The summed E-state index contributed by atoms with van der Waals surface area (Å²) in [6, 6.07) is 7.63. The lowest BCUT2D eigenvalue weighted by Crippen LogP contribution is -2.12. The van der Waals surface area contributed by atoms with Gasteiger partial charge in [0.1, 0.15) is 11.7 Å². The fraction of sp³-hybridized carbons (Fsp3) is 0.143. The van der Waals surface area contributed by atoms with Crippen LogP contribution < -0.4 is 0 Å². The maximum atomic E-state index is 13.7. The summed E-state index contributed by atoms with van der Waals surface area (Å²) in [5.41, 5.74) is 0.859. The number of carbonyl (C=O) groups is 1. The first-order valence-electron chi connectivity index (χ1n) is 5.48. The Morgan fingerprint density at radius 3 is 2.68 bits per heavy atom. The third-order valence-corrected chi connectivity index (χ3v) is 4.44. The maximum absolute atomic E-state index is 13.7. The van der Waals surface area contributed by atoms with Crippen LogP contribution in [0.2, 0.25) is 5.02 Å². The van der Waals surface area contributed by atoms with Crippen LogP contribution in [0.1, 0.15) is 26.7 Å². The van der Waals surface area contributed by atoms with Crippen LogP contribution in [0.25, 0.3) is 0 Å². The molecule has 1 atom stereocenters. The van der Waals surface area contributed by atoms with Crippen LogP contribution in [0.5, 0.6) is 0 Å². The molecule has 1 unspecified atom stereocenters. The molecule has 0 N–H and O–H groups in total. The average molecular weight is 294 g/mol. The summed E-state index contributed by atoms with van der Waals surface area (Å²) in [5, 5.41) is 11.2. The van der Waals surface area contributed by atoms with Gasteiger partial charge in [0.2, 0.25) is 0 Å². The number of hydrogen-bond donors (Lipinski definition) is 0. The third-order valence-electron chi connectivity index (χ3n) is 2.73. The highest BCUT2D eigenvalue weighted by Gasteiger charge is 2.27. The molecule has 0 radical (unpaired) electrons. The molecule has 0 aliphatic carbocycles. The Balaban J connectivity index is 2.45. The second-order valence-electron chi connectivity index (χ2n) is 4.01. The van der Waals surface area contributed by atoms with Gasteiger partial charge in [-0.05, 0) is 23.9 Å². The maximum Gasteiger partial charge on any atom is 0.195 e. The van der Waals surface area contributed by atoms with E-state index in [1.165, 1.54) is 29.5 Å². The largest absolute Gasteiger partial charge is 0.291 e. The summed E-state index contributed by atoms with van der Waals surface area (Å²) in [6.45, 7) is 1.78. The van der Waals surface area contributed by atoms with Crippen molar-refractivity contribution in [1.82, 2.24) is 0 Å². The van der Waals surface area contributed by atoms with Crippen LogP contribution in [0, 0.1) is 24.1 Å². The van der Waals surface area contributed by atoms with Crippen molar-refractivity contribution < 1.29 is 9.18 Å². The molecule has 0 bridgehead atoms. The van der Waals surface area contributed by atoms with E-state index < -0.39 is 17.5 Å². The molecule has 2 nitrogen and oxygen atoms in total. The number of benzene rings is 1. The Morgan fingerprint density at radius 1 is 1.47 bits per heavy atom. The van der Waals surface area contributed by atoms with Crippen molar-refractivity contribution in [2.75, 3.05) is 0 Å². The lowest BCUT2D eigenvalue weighted by Gasteiger charge is -2.08. The van der Waals surface area contributed by atoms with Gasteiger partial charge in [-0.3, -0.25) is 4.79 Å². The van der Waals surface area contributed by atoms with Gasteiger partial charge < -0.3 is 0 Å². The lowest BCUT2D eigenvalue weighted by molar-refractivity contribution is 0.0981. The molecule has 0 spiro atoms. The minimum atomic E-state index is -1.17. The first-order valence-corrected chi connectivity index (χ1v) is 6.74. The van der Waals surface area contributed by atoms with Crippen LogP contribution in [0.3, 0.4) is 0 Å². The van der Waals surface area contributed by atoms with Gasteiger partial charge in [0.25, 0.3) is 0 Å². The van der Waals surface area contributed by atoms with Gasteiger partial charge in [-0.1, -0.05) is 29.8 Å². The summed E-state index contributed by atoms with van der Waals surface area (Å²) >= 11 is 7.19. The molecule has 1 aromatic carbocycles. The number of ketones is 1. The number of carbonyl (C=O) groups excluding carboxylic acids is 1. The number of nitriles is 1. The van der Waals surface area contributed by atoms with Gasteiger partial charge >= 0.3 is 0 Å². The molecule has 1 aromatic heterocycles. The smallest absolute Gasteiger partial charge is 0.195 e. The molecule has 1 heterocycles. The molecule has 0 aliphatic rings. The number of aryl methyl sites for hydroxylation is 1. The van der Waals surface area contributed by atoms with Crippen LogP contribution in [-0.4, -0.2) is 5.78 Å². The van der Waals surface area contributed by atoms with E-state index in [0.717, 1.165) is 5.56 Å². The van der Waals surface area contributed by atoms with Crippen LogP contribution in [0.15, 0.2) is 29.6 Å². The summed E-state index contributed by atoms with van der Waals surface area (Å²) in [7, 11) is 0. The van der Waals surface area contributed by atoms with E-state index >= 15 is 0 Å². The molecule has 96 valence electrons. The summed E-state index contributed by atoms with van der Waals surface area (Å²) in [5.74, 6) is -2.20. The zero-order valence-electron chi connectivity index (χ0n) is 9.98. The molecular weight excluding hydrogens is 285 g/mol. The van der Waals surface area contributed by atoms with Crippen molar-refractivity contribution in [1.29, 1.82) is 5.26 Å². The predicted octanol–water partition coefficient (Wildman–Crippen LogP) is 4.34. The quantitative estimate of drug-likeness (QED) is 0.790. The molecule has 0 aliphatic heterocycles. The van der Waals surface area contributed by atoms with Gasteiger partial charge in [-0.15, -0.1) is 11.3 Å². The normalized spacial score (nSPS) is 11.9. The van der Waals surface area contributed by atoms with Crippen molar-refractivity contribution >= 4 is 28.7 Å². The number of thiophene rings is 1. The molecule has 0 saturated heterocycles. The number of halogens is 2. The molecule has 0 amide bonds. The molecular formula is C14H9ClFNOS. The Labute approximate surface area is 119 Å². The van der Waals surface area contributed by atoms with Crippen molar-refractivity contribution in [3.63, 3.8) is 0 Å². The fourth-order valence-electron chi connectivity index (χ4n) is 1.71. The zero-order chi connectivity index (χ0) is 14.0. The number of Topliss-reactive ketones (excluding diaryl/α,β-unsaturated/α-hetero) is 1. The highest BCUT2D eigenvalue weighted by Crippen LogP contribution is 2.32. The summed E-state index contributed by atoms with van der Waals surface area (Å²) in [4.78, 5) is 12.6. The van der Waals surface area contributed by atoms with Crippen LogP contribution >= 0.6 is 22.9 Å². The van der Waals surface area contributed by atoms with Gasteiger partial charge in [0, 0.05) is 5.56 Å². The predicted molar refractivity (Wildman–Crippen MR) is 73.2 cm³/mol. The van der Waals surface area contributed by atoms with E-state index in [9.17, 15) is 9.18 Å². The van der Waals surface area contributed by atoms with Crippen molar-refractivity contribution in [2.24, 2.45) is 0 Å². The minimum Gasteiger partial charge on any atom is -0.291 e. The van der Waals surface area contributed by atoms with Crippen molar-refractivity contribution in [2.45, 2.75) is 12.8 Å². The summed E-state index contributed by atoms with van der Waals surface area (Å²) < 4.78 is 13.7. The topological polar surface area (TPSA) is 40.9 Å². The molecule has 5 heteroatoms. The van der Waals surface area contributed by atoms with Crippen LogP contribution in [-0.2, 0) is 0 Å². The van der Waals surface area contributed by atoms with E-state index in [1.54, 1.807) is 18.4 Å². The molecule has 19 heavy (non-hydrogen) atoms. The number of hydrogen-bond acceptors (Lipinski definition) is 3. The molecule has 0 saturated carbocycles. The Bertz CT molecular complexity index is 674. The number of nitrogens with zero attached hydrogens (tertiary/aromatic N) is 1. The van der Waals surface area contributed by atoms with E-state index in [-0.39, 0.29) is 5.56 Å². The molecule has 2 rings (SSSR count). The SMILES string of the molecule is Cc1csc(C(=O)C(C#N)c2ccccc2F)c1Cl. The van der Waals surface area contributed by atoms with Crippen molar-refractivity contribution in [3.8, 4) is 6.07 Å². The fourth-order valence-corrected chi connectivity index (χ4v) is 2.96. The minimum absolute atomic E-state index is 0.0807. The lowest BCUT2D eigenvalue weighted by atomic mass is 9.94. The Hall–Kier alpha value is -1.70. The first-order chi connectivity index (χ1) is 9.06. The second-order valence-corrected chi connectivity index (χ2v) is 5.27. The van der Waals surface area contributed by atoms with Gasteiger partial charge in [-0.2, -0.15) is 5.26 Å². The van der Waals surface area contributed by atoms with E-state index in [1.807, 2.05) is 6.07 Å². The summed E-state index contributed by atoms with van der Waals surface area (Å²) in [6.07, 6.45) is 0. The van der Waals surface area contributed by atoms with Gasteiger partial charge in [-0.25, -0.2) is 4.39 Å². The molecule has 2 aromatic rings. The monoisotopic (exact) mass is 293 g/mol. The zero-order valence-corrected chi connectivity index (χ0v) is 11.6. The number of rotatable bonds is 3. The van der Waals surface area contributed by atoms with Crippen LogP contribution in [0.4, 0.5) is 4.39 Å². The second kappa shape index (κ2) is 5.52. The highest BCUT2D eigenvalue weighted by atomic mass is 35.5. The highest BCUT2D eigenvalue weighted by molar-refractivity contribution is 7.13. The third kappa shape index (κ3) is 2.53. The first kappa shape index (κ1) is 13.7. The standard InChI is InChI=1S/C14H9ClFNOS/c1-8-7-19-14(12(8)15)13(18)10(6-17)9-4-2-3-5-11(9)16/h2-5,7,10H,1H3. The van der Waals surface area contributed by atoms with Gasteiger partial charge in [0.05, 0.1) is 16.0 Å². The van der Waals surface area contributed by atoms with Gasteiger partial charge in [0.15, 0.2) is 5.78 Å². The Morgan fingerprint density at radius 2 is 2.16 bits per heavy atom. The Kier molecular flexibility index (Phi) is 3.98. The van der Waals surface area contributed by atoms with E-state index in [4.69, 9.17) is 16.9 Å². The van der Waals surface area contributed by atoms with E-state index in [0.29, 0.717) is 9.90 Å². The van der Waals surface area contributed by atoms with Crippen molar-refractivity contribution in [3.05, 3.63) is 56.5 Å².